The van der Waals surface area contributed by atoms with Gasteiger partial charge in [0.05, 0.1) is 11.5 Å². The van der Waals surface area contributed by atoms with Crippen LogP contribution in [0.5, 0.6) is 5.75 Å². The smallest absolute Gasteiger partial charge is 0.338 e. The highest BCUT2D eigenvalue weighted by atomic mass is 16.5. The van der Waals surface area contributed by atoms with E-state index in [0.717, 1.165) is 11.1 Å². The van der Waals surface area contributed by atoms with Gasteiger partial charge in [-0.1, -0.05) is 66.7 Å². The molecular formula is C26H19O5-. The fraction of sp³-hybridized carbons (Fsp3) is 0.0769. The molecule has 0 N–H and O–H groups in total. The second kappa shape index (κ2) is 9.13. The lowest BCUT2D eigenvalue weighted by molar-refractivity contribution is -0.255. The van der Waals surface area contributed by atoms with E-state index in [4.69, 9.17) is 9.47 Å². The van der Waals surface area contributed by atoms with Crippen molar-refractivity contribution in [3.63, 3.8) is 0 Å². The SMILES string of the molecule is O=C([O-])c1cc(OCc2ccccc2)c2cc(C(=O)OCc3ccccc3)ccc2c1. The van der Waals surface area contributed by atoms with Gasteiger partial charge >= 0.3 is 5.97 Å². The normalized spacial score (nSPS) is 10.6. The van der Waals surface area contributed by atoms with Crippen molar-refractivity contribution in [1.82, 2.24) is 0 Å². The molecule has 0 unspecified atom stereocenters. The number of rotatable bonds is 7. The first-order valence-electron chi connectivity index (χ1n) is 9.77. The Morgan fingerprint density at radius 3 is 2.00 bits per heavy atom. The maximum absolute atomic E-state index is 12.6. The van der Waals surface area contributed by atoms with Crippen molar-refractivity contribution in [3.8, 4) is 5.75 Å². The zero-order chi connectivity index (χ0) is 21.6. The molecule has 5 heteroatoms. The first-order chi connectivity index (χ1) is 15.1. The summed E-state index contributed by atoms with van der Waals surface area (Å²) in [6, 6.07) is 26.8. The van der Waals surface area contributed by atoms with Crippen molar-refractivity contribution in [2.24, 2.45) is 0 Å². The molecule has 0 spiro atoms. The lowest BCUT2D eigenvalue weighted by Gasteiger charge is -2.14. The second-order valence-electron chi connectivity index (χ2n) is 7.03. The van der Waals surface area contributed by atoms with E-state index in [1.807, 2.05) is 60.7 Å². The molecule has 4 aromatic carbocycles. The van der Waals surface area contributed by atoms with Gasteiger partial charge in [-0.3, -0.25) is 0 Å². The minimum Gasteiger partial charge on any atom is -0.545 e. The molecule has 4 rings (SSSR count). The summed E-state index contributed by atoms with van der Waals surface area (Å²) < 4.78 is 11.3. The van der Waals surface area contributed by atoms with E-state index >= 15 is 0 Å². The molecule has 0 atom stereocenters. The monoisotopic (exact) mass is 411 g/mol. The summed E-state index contributed by atoms with van der Waals surface area (Å²) in [6.45, 7) is 0.424. The van der Waals surface area contributed by atoms with Crippen molar-refractivity contribution in [1.29, 1.82) is 0 Å². The van der Waals surface area contributed by atoms with Gasteiger partial charge in [-0.25, -0.2) is 4.79 Å². The molecule has 0 aliphatic rings. The number of aromatic carboxylic acids is 1. The highest BCUT2D eigenvalue weighted by Crippen LogP contribution is 2.30. The van der Waals surface area contributed by atoms with E-state index < -0.39 is 11.9 Å². The van der Waals surface area contributed by atoms with Gasteiger partial charge in [-0.2, -0.15) is 0 Å². The van der Waals surface area contributed by atoms with Crippen molar-refractivity contribution in [3.05, 3.63) is 113 Å². The number of carbonyl (C=O) groups excluding carboxylic acids is 2. The van der Waals surface area contributed by atoms with Crippen LogP contribution in [0.25, 0.3) is 10.8 Å². The summed E-state index contributed by atoms with van der Waals surface area (Å²) in [7, 11) is 0. The first kappa shape index (κ1) is 20.2. The van der Waals surface area contributed by atoms with Crippen LogP contribution < -0.4 is 9.84 Å². The van der Waals surface area contributed by atoms with Crippen LogP contribution in [0.4, 0.5) is 0 Å². The molecule has 0 heterocycles. The van der Waals surface area contributed by atoms with Gasteiger partial charge < -0.3 is 19.4 Å². The van der Waals surface area contributed by atoms with E-state index in [2.05, 4.69) is 0 Å². The zero-order valence-electron chi connectivity index (χ0n) is 16.6. The molecule has 0 radical (unpaired) electrons. The molecule has 0 aliphatic carbocycles. The number of hydrogen-bond acceptors (Lipinski definition) is 5. The molecule has 0 aliphatic heterocycles. The van der Waals surface area contributed by atoms with Crippen LogP contribution in [0, 0.1) is 0 Å². The van der Waals surface area contributed by atoms with E-state index in [1.165, 1.54) is 12.1 Å². The predicted molar refractivity (Wildman–Crippen MR) is 115 cm³/mol. The van der Waals surface area contributed by atoms with Crippen molar-refractivity contribution in [2.45, 2.75) is 13.2 Å². The van der Waals surface area contributed by atoms with Gasteiger partial charge in [0.25, 0.3) is 0 Å². The number of hydrogen-bond donors (Lipinski definition) is 0. The molecule has 0 amide bonds. The summed E-state index contributed by atoms with van der Waals surface area (Å²) in [6.07, 6.45) is 0. The lowest BCUT2D eigenvalue weighted by Crippen LogP contribution is -2.22. The number of fused-ring (bicyclic) bond motifs is 1. The van der Waals surface area contributed by atoms with Gasteiger partial charge in [0.15, 0.2) is 0 Å². The Labute approximate surface area is 179 Å². The van der Waals surface area contributed by atoms with Gasteiger partial charge in [-0.15, -0.1) is 0 Å². The Balaban J connectivity index is 1.62. The maximum Gasteiger partial charge on any atom is 0.338 e. The Hall–Kier alpha value is -4.12. The van der Waals surface area contributed by atoms with Crippen LogP contribution in [0.3, 0.4) is 0 Å². The number of esters is 1. The van der Waals surface area contributed by atoms with E-state index in [0.29, 0.717) is 22.1 Å². The largest absolute Gasteiger partial charge is 0.545 e. The molecule has 0 bridgehead atoms. The summed E-state index contributed by atoms with van der Waals surface area (Å²) in [5.74, 6) is -1.40. The van der Waals surface area contributed by atoms with Crippen molar-refractivity contribution >= 4 is 22.7 Å². The summed E-state index contributed by atoms with van der Waals surface area (Å²) in [4.78, 5) is 24.0. The topological polar surface area (TPSA) is 75.7 Å². The molecule has 0 aromatic heterocycles. The number of carboxylic acid groups (broad SMARTS) is 1. The quantitative estimate of drug-likeness (QED) is 0.427. The standard InChI is InChI=1S/C26H20O5/c27-25(28)22-13-20-11-12-21(26(29)31-17-19-9-5-2-6-10-19)14-23(20)24(15-22)30-16-18-7-3-1-4-8-18/h1-15H,16-17H2,(H,27,28)/p-1. The zero-order valence-corrected chi connectivity index (χ0v) is 16.6. The first-order valence-corrected chi connectivity index (χ1v) is 9.77. The van der Waals surface area contributed by atoms with Crippen molar-refractivity contribution < 1.29 is 24.2 Å². The van der Waals surface area contributed by atoms with Crippen LogP contribution in [0.2, 0.25) is 0 Å². The van der Waals surface area contributed by atoms with Crippen LogP contribution in [-0.4, -0.2) is 11.9 Å². The highest BCUT2D eigenvalue weighted by molar-refractivity contribution is 6.01. The fourth-order valence-electron chi connectivity index (χ4n) is 3.23. The second-order valence-corrected chi connectivity index (χ2v) is 7.03. The minimum absolute atomic E-state index is 0.00923. The fourth-order valence-corrected chi connectivity index (χ4v) is 3.23. The summed E-state index contributed by atoms with van der Waals surface area (Å²) in [5, 5.41) is 12.7. The number of carboxylic acids is 1. The number of ether oxygens (including phenoxy) is 2. The van der Waals surface area contributed by atoms with Crippen LogP contribution >= 0.6 is 0 Å². The van der Waals surface area contributed by atoms with Crippen LogP contribution in [-0.2, 0) is 18.0 Å². The Morgan fingerprint density at radius 2 is 1.35 bits per heavy atom. The molecule has 0 fully saturated rings. The Bertz CT molecular complexity index is 1220. The third-order valence-electron chi connectivity index (χ3n) is 4.84. The van der Waals surface area contributed by atoms with E-state index in [1.54, 1.807) is 18.2 Å². The summed E-state index contributed by atoms with van der Waals surface area (Å²) in [5.41, 5.74) is 2.19. The number of benzene rings is 4. The molecule has 0 saturated heterocycles. The Kier molecular flexibility index (Phi) is 5.94. The van der Waals surface area contributed by atoms with Crippen molar-refractivity contribution in [2.75, 3.05) is 0 Å². The molecule has 5 nitrogen and oxygen atoms in total. The molecule has 154 valence electrons. The molecular weight excluding hydrogens is 392 g/mol. The number of carbonyl (C=O) groups is 2. The average Bonchev–Trinajstić information content (AvgIpc) is 2.81. The lowest BCUT2D eigenvalue weighted by atomic mass is 10.0. The van der Waals surface area contributed by atoms with Crippen LogP contribution in [0.1, 0.15) is 31.8 Å². The van der Waals surface area contributed by atoms with Gasteiger partial charge in [-0.05, 0) is 40.8 Å². The van der Waals surface area contributed by atoms with Gasteiger partial charge in [0.1, 0.15) is 19.0 Å². The van der Waals surface area contributed by atoms with Gasteiger partial charge in [0.2, 0.25) is 0 Å². The molecule has 31 heavy (non-hydrogen) atoms. The molecule has 4 aromatic rings. The highest BCUT2D eigenvalue weighted by Gasteiger charge is 2.13. The average molecular weight is 411 g/mol. The Morgan fingerprint density at radius 1 is 0.710 bits per heavy atom. The third-order valence-corrected chi connectivity index (χ3v) is 4.84. The summed E-state index contributed by atoms with van der Waals surface area (Å²) >= 11 is 0. The predicted octanol–water partition coefficient (Wildman–Crippen LogP) is 4.14. The minimum atomic E-state index is -1.29. The van der Waals surface area contributed by atoms with Gasteiger partial charge in [0, 0.05) is 10.9 Å². The van der Waals surface area contributed by atoms with E-state index in [-0.39, 0.29) is 18.8 Å². The van der Waals surface area contributed by atoms with E-state index in [9.17, 15) is 14.7 Å². The maximum atomic E-state index is 12.6. The molecule has 0 saturated carbocycles. The third kappa shape index (κ3) is 4.90. The van der Waals surface area contributed by atoms with Crippen LogP contribution in [0.15, 0.2) is 91.0 Å².